The van der Waals surface area contributed by atoms with Crippen LogP contribution in [-0.2, 0) is 23.9 Å². The Labute approximate surface area is 216 Å². The van der Waals surface area contributed by atoms with E-state index in [0.29, 0.717) is 36.7 Å². The summed E-state index contributed by atoms with van der Waals surface area (Å²) in [5.74, 6) is 1.34. The molecule has 36 heavy (non-hydrogen) atoms. The summed E-state index contributed by atoms with van der Waals surface area (Å²) >= 11 is 3.57. The predicted octanol–water partition coefficient (Wildman–Crippen LogP) is 5.81. The molecule has 2 saturated carbocycles. The molecule has 2 aliphatic heterocycles. The number of pyridine rings is 1. The molecule has 5 nitrogen and oxygen atoms in total. The van der Waals surface area contributed by atoms with Gasteiger partial charge in [-0.2, -0.15) is 13.2 Å². The van der Waals surface area contributed by atoms with Gasteiger partial charge in [0.2, 0.25) is 5.91 Å². The van der Waals surface area contributed by atoms with Crippen molar-refractivity contribution in [1.82, 2.24) is 15.2 Å². The molecule has 6 rings (SSSR count). The number of nitrogens with zero attached hydrogens (tertiary/aromatic N) is 2. The number of carbonyl (C=O) groups excluding carboxylic acids is 1. The lowest BCUT2D eigenvalue weighted by Crippen LogP contribution is -2.47. The molecule has 0 radical (unpaired) electrons. The molecular weight excluding hydrogens is 535 g/mol. The molecule has 192 valence electrons. The molecule has 4 aliphatic rings. The SMILES string of the molecule is O=C(N1CCc2ncc(C(F)(F)F)cc2C1)[C@@]12CCC[C@@H]1C[C@@H](NC1CCOc3ccc(Br)cc31)C2. The van der Waals surface area contributed by atoms with Crippen molar-refractivity contribution in [2.24, 2.45) is 11.3 Å². The smallest absolute Gasteiger partial charge is 0.417 e. The Bertz CT molecular complexity index is 1190. The summed E-state index contributed by atoms with van der Waals surface area (Å²) in [7, 11) is 0. The van der Waals surface area contributed by atoms with E-state index in [4.69, 9.17) is 4.74 Å². The van der Waals surface area contributed by atoms with Gasteiger partial charge in [-0.1, -0.05) is 22.4 Å². The monoisotopic (exact) mass is 563 g/mol. The summed E-state index contributed by atoms with van der Waals surface area (Å²) in [4.78, 5) is 19.9. The Hall–Kier alpha value is -2.13. The molecule has 2 fully saturated rings. The maximum absolute atomic E-state index is 14.0. The van der Waals surface area contributed by atoms with E-state index in [2.05, 4.69) is 32.3 Å². The van der Waals surface area contributed by atoms with Crippen molar-refractivity contribution in [2.75, 3.05) is 13.2 Å². The molecule has 1 N–H and O–H groups in total. The number of aromatic nitrogens is 1. The van der Waals surface area contributed by atoms with Crippen molar-refractivity contribution < 1.29 is 22.7 Å². The summed E-state index contributed by atoms with van der Waals surface area (Å²) in [6, 6.07) is 7.66. The molecule has 0 saturated heterocycles. The molecule has 1 aromatic carbocycles. The van der Waals surface area contributed by atoms with Crippen LogP contribution in [0.1, 0.15) is 67.0 Å². The van der Waals surface area contributed by atoms with Crippen molar-refractivity contribution in [1.29, 1.82) is 0 Å². The number of carbonyl (C=O) groups is 1. The number of ether oxygens (including phenoxy) is 1. The lowest BCUT2D eigenvalue weighted by molar-refractivity contribution is -0.144. The fourth-order valence-corrected chi connectivity index (χ4v) is 7.39. The Kier molecular flexibility index (Phi) is 6.06. The standard InChI is InChI=1S/C27H29BrF3N3O2/c28-19-3-4-24-21(12-19)23(6-9-36-24)33-20-11-17-2-1-7-26(17,13-20)25(35)34-8-5-22-16(15-34)10-18(14-32-22)27(29,30)31/h3-4,10,12,14,17,20,23,33H,1-2,5-9,11,13,15H2/t17-,20-,23?,26-/m1/s1. The maximum atomic E-state index is 14.0. The number of nitrogens with one attached hydrogen (secondary N) is 1. The van der Waals surface area contributed by atoms with E-state index in [1.54, 1.807) is 4.90 Å². The van der Waals surface area contributed by atoms with Gasteiger partial charge in [0.1, 0.15) is 5.75 Å². The number of benzene rings is 1. The van der Waals surface area contributed by atoms with Crippen LogP contribution in [0.2, 0.25) is 0 Å². The number of fused-ring (bicyclic) bond motifs is 3. The topological polar surface area (TPSA) is 54.5 Å². The van der Waals surface area contributed by atoms with Crippen LogP contribution in [-0.4, -0.2) is 35.0 Å². The highest BCUT2D eigenvalue weighted by molar-refractivity contribution is 9.10. The molecule has 1 aromatic heterocycles. The summed E-state index contributed by atoms with van der Waals surface area (Å²) < 4.78 is 46.6. The zero-order valence-corrected chi connectivity index (χ0v) is 21.5. The van der Waals surface area contributed by atoms with Crippen LogP contribution in [0, 0.1) is 11.3 Å². The molecule has 0 spiro atoms. The lowest BCUT2D eigenvalue weighted by Gasteiger charge is -2.37. The van der Waals surface area contributed by atoms with Crippen molar-refractivity contribution in [3.8, 4) is 5.75 Å². The Morgan fingerprint density at radius 2 is 2.11 bits per heavy atom. The van der Waals surface area contributed by atoms with E-state index in [-0.39, 0.29) is 24.5 Å². The number of hydrogen-bond donors (Lipinski definition) is 1. The molecule has 0 bridgehead atoms. The average Bonchev–Trinajstić information content (AvgIpc) is 3.40. The van der Waals surface area contributed by atoms with E-state index in [0.717, 1.165) is 60.5 Å². The largest absolute Gasteiger partial charge is 0.493 e. The predicted molar refractivity (Wildman–Crippen MR) is 131 cm³/mol. The first-order valence-electron chi connectivity index (χ1n) is 12.8. The van der Waals surface area contributed by atoms with Crippen molar-refractivity contribution >= 4 is 21.8 Å². The second-order valence-corrected chi connectivity index (χ2v) is 11.6. The number of halogens is 4. The molecule has 3 heterocycles. The van der Waals surface area contributed by atoms with Crippen molar-refractivity contribution in [2.45, 2.75) is 69.8 Å². The minimum atomic E-state index is -4.44. The fourth-order valence-electron chi connectivity index (χ4n) is 7.01. The van der Waals surface area contributed by atoms with Crippen LogP contribution in [0.4, 0.5) is 13.2 Å². The van der Waals surface area contributed by atoms with Gasteiger partial charge in [-0.25, -0.2) is 0 Å². The van der Waals surface area contributed by atoms with E-state index < -0.39 is 17.2 Å². The van der Waals surface area contributed by atoms with Gasteiger partial charge in [-0.3, -0.25) is 9.78 Å². The molecule has 2 aromatic rings. The minimum Gasteiger partial charge on any atom is -0.493 e. The zero-order chi connectivity index (χ0) is 25.1. The van der Waals surface area contributed by atoms with Gasteiger partial charge in [0.05, 0.1) is 17.6 Å². The Balaban J connectivity index is 1.20. The van der Waals surface area contributed by atoms with Gasteiger partial charge >= 0.3 is 6.18 Å². The second kappa shape index (κ2) is 9.01. The summed E-state index contributed by atoms with van der Waals surface area (Å²) in [5, 5.41) is 3.85. The number of amides is 1. The third-order valence-electron chi connectivity index (χ3n) is 8.66. The minimum absolute atomic E-state index is 0.118. The number of alkyl halides is 3. The highest BCUT2D eigenvalue weighted by Gasteiger charge is 2.56. The first-order chi connectivity index (χ1) is 17.2. The van der Waals surface area contributed by atoms with E-state index >= 15 is 0 Å². The molecular formula is C27H29BrF3N3O2. The van der Waals surface area contributed by atoms with Crippen molar-refractivity contribution in [3.05, 3.63) is 57.3 Å². The third kappa shape index (κ3) is 4.22. The number of rotatable bonds is 3. The molecule has 1 unspecified atom stereocenters. The normalized spacial score (nSPS) is 29.3. The summed E-state index contributed by atoms with van der Waals surface area (Å²) in [6.45, 7) is 1.38. The van der Waals surface area contributed by atoms with E-state index in [1.165, 1.54) is 6.07 Å². The van der Waals surface area contributed by atoms with Crippen molar-refractivity contribution in [3.63, 3.8) is 0 Å². The summed E-state index contributed by atoms with van der Waals surface area (Å²) in [6.07, 6.45) is 2.49. The van der Waals surface area contributed by atoms with Gasteiger partial charge < -0.3 is 15.0 Å². The highest BCUT2D eigenvalue weighted by atomic mass is 79.9. The van der Waals surface area contributed by atoms with Gasteiger partial charge in [0.25, 0.3) is 0 Å². The van der Waals surface area contributed by atoms with Gasteiger partial charge in [-0.05, 0) is 61.4 Å². The average molecular weight is 564 g/mol. The maximum Gasteiger partial charge on any atom is 0.417 e. The quantitative estimate of drug-likeness (QED) is 0.512. The van der Waals surface area contributed by atoms with Gasteiger partial charge in [0.15, 0.2) is 0 Å². The van der Waals surface area contributed by atoms with Crippen LogP contribution in [0.5, 0.6) is 5.75 Å². The van der Waals surface area contributed by atoms with E-state index in [9.17, 15) is 18.0 Å². The van der Waals surface area contributed by atoms with Crippen LogP contribution in [0.3, 0.4) is 0 Å². The lowest BCUT2D eigenvalue weighted by atomic mass is 9.78. The number of hydrogen-bond acceptors (Lipinski definition) is 4. The Morgan fingerprint density at radius 1 is 1.25 bits per heavy atom. The fraction of sp³-hybridized carbons (Fsp3) is 0.556. The second-order valence-electron chi connectivity index (χ2n) is 10.7. The highest BCUT2D eigenvalue weighted by Crippen LogP contribution is 2.56. The Morgan fingerprint density at radius 3 is 2.94 bits per heavy atom. The first kappa shape index (κ1) is 24.2. The molecule has 1 amide bonds. The van der Waals surface area contributed by atoms with E-state index in [1.807, 2.05) is 12.1 Å². The van der Waals surface area contributed by atoms with Crippen LogP contribution >= 0.6 is 15.9 Å². The van der Waals surface area contributed by atoms with Crippen LogP contribution in [0.15, 0.2) is 34.9 Å². The molecule has 2 aliphatic carbocycles. The first-order valence-corrected chi connectivity index (χ1v) is 13.5. The zero-order valence-electron chi connectivity index (χ0n) is 19.9. The molecule has 4 atom stereocenters. The molecule has 9 heteroatoms. The van der Waals surface area contributed by atoms with Crippen LogP contribution < -0.4 is 10.1 Å². The van der Waals surface area contributed by atoms with Crippen LogP contribution in [0.25, 0.3) is 0 Å². The van der Waals surface area contributed by atoms with Gasteiger partial charge in [0, 0.05) is 59.9 Å². The summed E-state index contributed by atoms with van der Waals surface area (Å²) in [5.41, 5.74) is 1.17. The third-order valence-corrected chi connectivity index (χ3v) is 9.16. The van der Waals surface area contributed by atoms with Gasteiger partial charge in [-0.15, -0.1) is 0 Å².